The second-order valence-electron chi connectivity index (χ2n) is 3.39. The number of Topliss-reactive ketones (excluding diaryl/α,β-unsaturated/α-hetero) is 1. The first-order valence-electron chi connectivity index (χ1n) is 4.79. The molecule has 1 aromatic rings. The Balaban J connectivity index is 2.98. The summed E-state index contributed by atoms with van der Waals surface area (Å²) in [7, 11) is 0. The summed E-state index contributed by atoms with van der Waals surface area (Å²) in [6.07, 6.45) is -4.52. The van der Waals surface area contributed by atoms with Crippen molar-refractivity contribution in [2.24, 2.45) is 0 Å². The highest BCUT2D eigenvalue weighted by molar-refractivity contribution is 9.09. The zero-order valence-corrected chi connectivity index (χ0v) is 10.6. The van der Waals surface area contributed by atoms with Crippen LogP contribution >= 0.6 is 15.9 Å². The molecular formula is C11H10BrF3O2. The van der Waals surface area contributed by atoms with E-state index in [4.69, 9.17) is 0 Å². The highest BCUT2D eigenvalue weighted by Crippen LogP contribution is 2.27. The highest BCUT2D eigenvalue weighted by Gasteiger charge is 2.31. The third-order valence-electron chi connectivity index (χ3n) is 2.06. The standard InChI is InChI=1S/C11H10BrF3O2/c1-7-2-3-8(9(16)4-5-12)6-10(7)17-11(13,14)15/h2-3,6H,4-5H2,1H3. The first-order chi connectivity index (χ1) is 7.83. The van der Waals surface area contributed by atoms with Crippen LogP contribution in [-0.4, -0.2) is 17.5 Å². The van der Waals surface area contributed by atoms with E-state index in [1.807, 2.05) is 0 Å². The van der Waals surface area contributed by atoms with Crippen LogP contribution in [0.1, 0.15) is 22.3 Å². The van der Waals surface area contributed by atoms with Gasteiger partial charge in [0, 0.05) is 17.3 Å². The van der Waals surface area contributed by atoms with Crippen molar-refractivity contribution in [1.82, 2.24) is 0 Å². The van der Waals surface area contributed by atoms with Gasteiger partial charge < -0.3 is 4.74 Å². The van der Waals surface area contributed by atoms with Gasteiger partial charge >= 0.3 is 6.36 Å². The Hall–Kier alpha value is -1.04. The van der Waals surface area contributed by atoms with E-state index in [2.05, 4.69) is 20.7 Å². The number of halogens is 4. The van der Waals surface area contributed by atoms with Crippen LogP contribution in [0.3, 0.4) is 0 Å². The van der Waals surface area contributed by atoms with Gasteiger partial charge in [-0.05, 0) is 18.6 Å². The van der Waals surface area contributed by atoms with Gasteiger partial charge in [-0.15, -0.1) is 13.2 Å². The Kier molecular flexibility index (Phi) is 4.56. The van der Waals surface area contributed by atoms with Crippen molar-refractivity contribution in [2.75, 3.05) is 5.33 Å². The molecule has 0 aliphatic rings. The molecule has 2 nitrogen and oxygen atoms in total. The number of hydrogen-bond donors (Lipinski definition) is 0. The largest absolute Gasteiger partial charge is 0.573 e. The fourth-order valence-corrected chi connectivity index (χ4v) is 1.60. The molecule has 0 spiro atoms. The lowest BCUT2D eigenvalue weighted by molar-refractivity contribution is -0.274. The maximum atomic E-state index is 12.1. The minimum atomic E-state index is -4.75. The number of alkyl halides is 4. The number of ketones is 1. The predicted molar refractivity (Wildman–Crippen MR) is 60.6 cm³/mol. The van der Waals surface area contributed by atoms with Crippen LogP contribution in [-0.2, 0) is 0 Å². The van der Waals surface area contributed by atoms with E-state index in [1.54, 1.807) is 0 Å². The Morgan fingerprint density at radius 1 is 1.41 bits per heavy atom. The fraction of sp³-hybridized carbons (Fsp3) is 0.364. The average Bonchev–Trinajstić information content (AvgIpc) is 2.19. The Morgan fingerprint density at radius 2 is 2.06 bits per heavy atom. The fourth-order valence-electron chi connectivity index (χ4n) is 1.24. The smallest absolute Gasteiger partial charge is 0.405 e. The molecule has 0 fully saturated rings. The molecule has 0 saturated heterocycles. The minimum absolute atomic E-state index is 0.217. The van der Waals surface area contributed by atoms with Gasteiger partial charge in [-0.25, -0.2) is 0 Å². The molecule has 0 amide bonds. The van der Waals surface area contributed by atoms with Crippen molar-refractivity contribution < 1.29 is 22.7 Å². The van der Waals surface area contributed by atoms with Crippen LogP contribution in [0.15, 0.2) is 18.2 Å². The molecule has 0 aliphatic carbocycles. The van der Waals surface area contributed by atoms with Crippen molar-refractivity contribution in [3.05, 3.63) is 29.3 Å². The number of hydrogen-bond acceptors (Lipinski definition) is 2. The third-order valence-corrected chi connectivity index (χ3v) is 2.45. The van der Waals surface area contributed by atoms with E-state index >= 15 is 0 Å². The lowest BCUT2D eigenvalue weighted by atomic mass is 10.1. The van der Waals surface area contributed by atoms with E-state index in [1.165, 1.54) is 19.1 Å². The molecule has 17 heavy (non-hydrogen) atoms. The SMILES string of the molecule is Cc1ccc(C(=O)CCBr)cc1OC(F)(F)F. The van der Waals surface area contributed by atoms with Crippen LogP contribution < -0.4 is 4.74 Å². The lowest BCUT2D eigenvalue weighted by Crippen LogP contribution is -2.18. The Bertz CT molecular complexity index is 416. The van der Waals surface area contributed by atoms with Crippen LogP contribution in [0.2, 0.25) is 0 Å². The number of rotatable bonds is 4. The number of carbonyl (C=O) groups is 1. The van der Waals surface area contributed by atoms with Gasteiger partial charge in [0.05, 0.1) is 0 Å². The van der Waals surface area contributed by atoms with Crippen molar-refractivity contribution in [3.63, 3.8) is 0 Å². The van der Waals surface area contributed by atoms with E-state index in [-0.39, 0.29) is 23.5 Å². The van der Waals surface area contributed by atoms with Crippen LogP contribution in [0.5, 0.6) is 5.75 Å². The maximum Gasteiger partial charge on any atom is 0.573 e. The minimum Gasteiger partial charge on any atom is -0.405 e. The van der Waals surface area contributed by atoms with Crippen LogP contribution in [0.4, 0.5) is 13.2 Å². The molecule has 94 valence electrons. The summed E-state index contributed by atoms with van der Waals surface area (Å²) in [4.78, 5) is 11.5. The Labute approximate surface area is 105 Å². The topological polar surface area (TPSA) is 26.3 Å². The quantitative estimate of drug-likeness (QED) is 0.623. The van der Waals surface area contributed by atoms with E-state index in [0.717, 1.165) is 6.07 Å². The molecule has 0 N–H and O–H groups in total. The predicted octanol–water partition coefficient (Wildman–Crippen LogP) is 3.86. The summed E-state index contributed by atoms with van der Waals surface area (Å²) in [6.45, 7) is 1.49. The number of ether oxygens (including phenoxy) is 1. The van der Waals surface area contributed by atoms with Crippen LogP contribution in [0, 0.1) is 6.92 Å². The van der Waals surface area contributed by atoms with Crippen molar-refractivity contribution >= 4 is 21.7 Å². The zero-order valence-electron chi connectivity index (χ0n) is 8.97. The van der Waals surface area contributed by atoms with Gasteiger partial charge in [0.15, 0.2) is 5.78 Å². The molecule has 0 saturated carbocycles. The maximum absolute atomic E-state index is 12.1. The molecular weight excluding hydrogens is 301 g/mol. The first kappa shape index (κ1) is 14.0. The van der Waals surface area contributed by atoms with Crippen molar-refractivity contribution in [2.45, 2.75) is 19.7 Å². The molecule has 0 heterocycles. The highest BCUT2D eigenvalue weighted by atomic mass is 79.9. The second-order valence-corrected chi connectivity index (χ2v) is 4.18. The molecule has 0 unspecified atom stereocenters. The summed E-state index contributed by atoms with van der Waals surface area (Å²) >= 11 is 3.10. The number of benzene rings is 1. The van der Waals surface area contributed by atoms with E-state index in [0.29, 0.717) is 10.9 Å². The van der Waals surface area contributed by atoms with Crippen LogP contribution in [0.25, 0.3) is 0 Å². The summed E-state index contributed by atoms with van der Waals surface area (Å²) in [6, 6.07) is 4.04. The molecule has 1 rings (SSSR count). The molecule has 0 aliphatic heterocycles. The molecule has 0 radical (unpaired) electrons. The average molecular weight is 311 g/mol. The first-order valence-corrected chi connectivity index (χ1v) is 5.91. The summed E-state index contributed by atoms with van der Waals surface area (Å²) < 4.78 is 40.1. The van der Waals surface area contributed by atoms with Gasteiger partial charge in [0.1, 0.15) is 5.75 Å². The second kappa shape index (κ2) is 5.53. The summed E-state index contributed by atoms with van der Waals surface area (Å²) in [5.41, 5.74) is 0.548. The lowest BCUT2D eigenvalue weighted by Gasteiger charge is -2.12. The summed E-state index contributed by atoms with van der Waals surface area (Å²) in [5.74, 6) is -0.563. The van der Waals surface area contributed by atoms with Gasteiger partial charge in [-0.2, -0.15) is 0 Å². The van der Waals surface area contributed by atoms with E-state index in [9.17, 15) is 18.0 Å². The van der Waals surface area contributed by atoms with Crippen molar-refractivity contribution in [1.29, 1.82) is 0 Å². The monoisotopic (exact) mass is 310 g/mol. The van der Waals surface area contributed by atoms with Crippen molar-refractivity contribution in [3.8, 4) is 5.75 Å². The summed E-state index contributed by atoms with van der Waals surface area (Å²) in [5, 5.41) is 0.467. The third kappa shape index (κ3) is 4.38. The molecule has 0 atom stereocenters. The van der Waals surface area contributed by atoms with Gasteiger partial charge in [0.25, 0.3) is 0 Å². The number of carbonyl (C=O) groups excluding carboxylic acids is 1. The van der Waals surface area contributed by atoms with Gasteiger partial charge in [-0.1, -0.05) is 28.1 Å². The molecule has 1 aromatic carbocycles. The number of aryl methyl sites for hydroxylation is 1. The van der Waals surface area contributed by atoms with Gasteiger partial charge in [0.2, 0.25) is 0 Å². The molecule has 6 heteroatoms. The Morgan fingerprint density at radius 3 is 2.59 bits per heavy atom. The normalized spacial score (nSPS) is 11.4. The van der Waals surface area contributed by atoms with Gasteiger partial charge in [-0.3, -0.25) is 4.79 Å². The molecule has 0 bridgehead atoms. The molecule has 0 aromatic heterocycles. The van der Waals surface area contributed by atoms with E-state index < -0.39 is 6.36 Å². The zero-order chi connectivity index (χ0) is 13.1.